The van der Waals surface area contributed by atoms with Crippen LogP contribution in [-0.4, -0.2) is 4.57 Å². The van der Waals surface area contributed by atoms with Crippen molar-refractivity contribution in [1.82, 2.24) is 4.57 Å². The van der Waals surface area contributed by atoms with E-state index in [9.17, 15) is 0 Å². The van der Waals surface area contributed by atoms with Gasteiger partial charge in [-0.05, 0) is 111 Å². The predicted octanol–water partition coefficient (Wildman–Crippen LogP) is 16.1. The molecule has 0 N–H and O–H groups in total. The van der Waals surface area contributed by atoms with Crippen LogP contribution in [0.3, 0.4) is 0 Å². The quantitative estimate of drug-likeness (QED) is 0.132. The van der Waals surface area contributed by atoms with Gasteiger partial charge >= 0.3 is 0 Å². The van der Waals surface area contributed by atoms with Crippen LogP contribution >= 0.6 is 0 Å². The number of rotatable bonds is 9. The van der Waals surface area contributed by atoms with Crippen molar-refractivity contribution in [1.29, 1.82) is 0 Å². The van der Waals surface area contributed by atoms with Crippen LogP contribution in [0.2, 0.25) is 0 Å². The molecule has 1 aliphatic rings. The van der Waals surface area contributed by atoms with Gasteiger partial charge in [0.15, 0.2) is 0 Å². The Morgan fingerprint density at radius 1 is 0.484 bits per heavy atom. The Hall–Kier alpha value is -7.94. The molecular formula is C60H44N2. The molecule has 1 unspecified atom stereocenters. The lowest BCUT2D eigenvalue weighted by Gasteiger charge is -2.34. The zero-order valence-electron chi connectivity index (χ0n) is 34.6. The summed E-state index contributed by atoms with van der Waals surface area (Å²) < 4.78 is 2.39. The molecule has 1 aliphatic carbocycles. The third kappa shape index (κ3) is 5.79. The van der Waals surface area contributed by atoms with Crippen LogP contribution in [0.25, 0.3) is 60.5 Å². The maximum atomic E-state index is 4.77. The normalized spacial score (nSPS) is 14.5. The number of para-hydroxylation sites is 3. The summed E-state index contributed by atoms with van der Waals surface area (Å²) in [5, 5.41) is 4.85. The molecule has 0 amide bonds. The second-order valence-electron chi connectivity index (χ2n) is 16.1. The van der Waals surface area contributed by atoms with E-state index in [1.807, 2.05) is 6.92 Å². The molecule has 1 heterocycles. The van der Waals surface area contributed by atoms with Crippen molar-refractivity contribution in [3.05, 3.63) is 265 Å². The highest BCUT2D eigenvalue weighted by Crippen LogP contribution is 2.57. The van der Waals surface area contributed by atoms with Crippen LogP contribution in [0.5, 0.6) is 0 Å². The van der Waals surface area contributed by atoms with E-state index in [1.165, 1.54) is 71.5 Å². The van der Waals surface area contributed by atoms with E-state index < -0.39 is 5.41 Å². The van der Waals surface area contributed by atoms with Crippen molar-refractivity contribution >= 4 is 49.6 Å². The molecule has 9 aromatic carbocycles. The Bertz CT molecular complexity index is 3370. The third-order valence-corrected chi connectivity index (χ3v) is 12.7. The van der Waals surface area contributed by atoms with Gasteiger partial charge in [0.25, 0.3) is 0 Å². The summed E-state index contributed by atoms with van der Waals surface area (Å²) in [5.41, 5.74) is 15.9. The summed E-state index contributed by atoms with van der Waals surface area (Å²) >= 11 is 0. The number of allylic oxidation sites excluding steroid dienone is 5. The van der Waals surface area contributed by atoms with Gasteiger partial charge in [0.1, 0.15) is 0 Å². The Balaban J connectivity index is 1.10. The summed E-state index contributed by atoms with van der Waals surface area (Å²) in [6.45, 7) is 6.82. The fraction of sp³-hybridized carbons (Fsp3) is 0.0333. The monoisotopic (exact) mass is 792 g/mol. The van der Waals surface area contributed by atoms with E-state index >= 15 is 0 Å². The average Bonchev–Trinajstić information content (AvgIpc) is 3.83. The van der Waals surface area contributed by atoms with Gasteiger partial charge in [0.05, 0.1) is 22.1 Å². The number of anilines is 3. The molecule has 0 spiro atoms. The molecule has 1 atom stereocenters. The van der Waals surface area contributed by atoms with Crippen molar-refractivity contribution in [2.45, 2.75) is 12.3 Å². The summed E-state index contributed by atoms with van der Waals surface area (Å²) in [7, 11) is 0. The first-order valence-electron chi connectivity index (χ1n) is 21.4. The van der Waals surface area contributed by atoms with E-state index in [2.05, 4.69) is 246 Å². The standard InChI is InChI=1S/C60H44N2/c1-3-4-8-21-42(2)60(44-22-9-5-10-23-44)55-32-19-17-29-50(55)54-40-43(34-38-56(54)60)48-37-39-58(51-30-16-15-28-49(48)51)61(45-24-11-6-12-25-45)47-35-36-53-52-31-18-20-33-57(52)62(59(53)41-47)46-26-13-7-14-27-46/h3-41H,2H2,1H3/b4-3-,21-8-. The number of nitrogens with zero attached hydrogens (tertiary/aromatic N) is 2. The zero-order chi connectivity index (χ0) is 41.6. The maximum Gasteiger partial charge on any atom is 0.0707 e. The molecule has 10 aromatic rings. The molecule has 62 heavy (non-hydrogen) atoms. The maximum absolute atomic E-state index is 4.77. The fourth-order valence-corrected chi connectivity index (χ4v) is 10.1. The first-order chi connectivity index (χ1) is 30.7. The number of fused-ring (bicyclic) bond motifs is 7. The van der Waals surface area contributed by atoms with E-state index in [0.29, 0.717) is 0 Å². The Labute approximate surface area is 363 Å². The highest BCUT2D eigenvalue weighted by Gasteiger charge is 2.46. The van der Waals surface area contributed by atoms with Gasteiger partial charge in [0, 0.05) is 33.2 Å². The number of hydrogen-bond acceptors (Lipinski definition) is 1. The average molecular weight is 793 g/mol. The molecule has 0 aliphatic heterocycles. The number of hydrogen-bond donors (Lipinski definition) is 0. The molecule has 0 radical (unpaired) electrons. The minimum Gasteiger partial charge on any atom is -0.310 e. The largest absolute Gasteiger partial charge is 0.310 e. The number of aromatic nitrogens is 1. The van der Waals surface area contributed by atoms with Crippen LogP contribution in [-0.2, 0) is 5.41 Å². The van der Waals surface area contributed by atoms with Crippen LogP contribution in [0.4, 0.5) is 17.1 Å². The molecule has 0 bridgehead atoms. The molecule has 2 nitrogen and oxygen atoms in total. The first-order valence-corrected chi connectivity index (χ1v) is 21.4. The van der Waals surface area contributed by atoms with Gasteiger partial charge in [-0.25, -0.2) is 0 Å². The topological polar surface area (TPSA) is 8.17 Å². The second kappa shape index (κ2) is 15.3. The highest BCUT2D eigenvalue weighted by molar-refractivity contribution is 6.11. The van der Waals surface area contributed by atoms with E-state index in [0.717, 1.165) is 28.3 Å². The Kier molecular flexibility index (Phi) is 9.13. The molecule has 0 fully saturated rings. The minimum atomic E-state index is -0.529. The molecule has 0 saturated heterocycles. The molecule has 11 rings (SSSR count). The zero-order valence-corrected chi connectivity index (χ0v) is 34.6. The van der Waals surface area contributed by atoms with Crippen molar-refractivity contribution in [3.63, 3.8) is 0 Å². The summed E-state index contributed by atoms with van der Waals surface area (Å²) in [4.78, 5) is 2.42. The van der Waals surface area contributed by atoms with Crippen molar-refractivity contribution < 1.29 is 0 Å². The summed E-state index contributed by atoms with van der Waals surface area (Å²) in [6.07, 6.45) is 8.41. The van der Waals surface area contributed by atoms with Crippen LogP contribution in [0.15, 0.2) is 249 Å². The van der Waals surface area contributed by atoms with Crippen molar-refractivity contribution in [2.24, 2.45) is 0 Å². The Morgan fingerprint density at radius 3 is 1.92 bits per heavy atom. The lowest BCUT2D eigenvalue weighted by molar-refractivity contribution is 0.770. The molecule has 1 aromatic heterocycles. The molecular weight excluding hydrogens is 749 g/mol. The smallest absolute Gasteiger partial charge is 0.0707 e. The van der Waals surface area contributed by atoms with Gasteiger partial charge in [-0.15, -0.1) is 0 Å². The van der Waals surface area contributed by atoms with Gasteiger partial charge in [-0.2, -0.15) is 0 Å². The summed E-state index contributed by atoms with van der Waals surface area (Å²) in [5.74, 6) is 0. The van der Waals surface area contributed by atoms with Crippen LogP contribution in [0.1, 0.15) is 23.6 Å². The summed E-state index contributed by atoms with van der Waals surface area (Å²) in [6, 6.07) is 77.4. The SMILES string of the molecule is C=C(/C=C\C=C/C)C1(c2ccccc2)c2ccccc2-c2cc(-c3ccc(N(c4ccccc4)c4ccc5c6ccccc6n(-c6ccccc6)c5c4)c4ccccc34)ccc21. The molecule has 0 saturated carbocycles. The van der Waals surface area contributed by atoms with E-state index in [1.54, 1.807) is 0 Å². The van der Waals surface area contributed by atoms with Gasteiger partial charge in [-0.1, -0.05) is 189 Å². The second-order valence-corrected chi connectivity index (χ2v) is 16.1. The van der Waals surface area contributed by atoms with Crippen LogP contribution < -0.4 is 4.90 Å². The third-order valence-electron chi connectivity index (χ3n) is 12.7. The molecule has 294 valence electrons. The van der Waals surface area contributed by atoms with Crippen LogP contribution in [0, 0.1) is 0 Å². The van der Waals surface area contributed by atoms with Crippen molar-refractivity contribution in [2.75, 3.05) is 4.90 Å². The number of benzene rings is 9. The lowest BCUT2D eigenvalue weighted by Crippen LogP contribution is -2.28. The Morgan fingerprint density at radius 2 is 1.13 bits per heavy atom. The molecule has 2 heteroatoms. The first kappa shape index (κ1) is 37.1. The van der Waals surface area contributed by atoms with Gasteiger partial charge < -0.3 is 9.47 Å². The van der Waals surface area contributed by atoms with E-state index in [-0.39, 0.29) is 0 Å². The minimum absolute atomic E-state index is 0.529. The predicted molar refractivity (Wildman–Crippen MR) is 263 cm³/mol. The fourth-order valence-electron chi connectivity index (χ4n) is 10.1. The highest BCUT2D eigenvalue weighted by atomic mass is 15.1. The van der Waals surface area contributed by atoms with Crippen molar-refractivity contribution in [3.8, 4) is 27.9 Å². The van der Waals surface area contributed by atoms with Gasteiger partial charge in [-0.3, -0.25) is 0 Å². The lowest BCUT2D eigenvalue weighted by atomic mass is 9.67. The van der Waals surface area contributed by atoms with Gasteiger partial charge in [0.2, 0.25) is 0 Å². The van der Waals surface area contributed by atoms with E-state index in [4.69, 9.17) is 6.58 Å².